The van der Waals surface area contributed by atoms with Gasteiger partial charge in [0.25, 0.3) is 0 Å². The van der Waals surface area contributed by atoms with E-state index in [9.17, 15) is 4.79 Å². The first-order valence-corrected chi connectivity index (χ1v) is 6.28. The second-order valence-corrected chi connectivity index (χ2v) is 6.23. The number of carboxylic acids is 1. The molecule has 0 unspecified atom stereocenters. The van der Waals surface area contributed by atoms with Gasteiger partial charge in [-0.3, -0.25) is 0 Å². The first kappa shape index (κ1) is 12.8. The fourth-order valence-corrected chi connectivity index (χ4v) is 2.24. The van der Waals surface area contributed by atoms with Crippen molar-refractivity contribution < 1.29 is 14.3 Å². The van der Waals surface area contributed by atoms with Gasteiger partial charge in [0.1, 0.15) is 10.6 Å². The van der Waals surface area contributed by atoms with Crippen molar-refractivity contribution >= 4 is 17.3 Å². The van der Waals surface area contributed by atoms with Crippen molar-refractivity contribution in [2.24, 2.45) is 0 Å². The number of rotatable bonds is 2. The van der Waals surface area contributed by atoms with Gasteiger partial charge in [-0.05, 0) is 6.92 Å². The van der Waals surface area contributed by atoms with Crippen LogP contribution in [-0.4, -0.2) is 21.0 Å². The van der Waals surface area contributed by atoms with Crippen molar-refractivity contribution in [1.29, 1.82) is 0 Å². The molecule has 0 aliphatic rings. The Morgan fingerprint density at radius 1 is 1.44 bits per heavy atom. The van der Waals surface area contributed by atoms with Gasteiger partial charge in [0.15, 0.2) is 0 Å². The molecule has 2 rings (SSSR count). The number of oxazole rings is 1. The lowest BCUT2D eigenvalue weighted by atomic mass is 9.91. The average molecular weight is 266 g/mol. The predicted molar refractivity (Wildman–Crippen MR) is 68.0 cm³/mol. The minimum absolute atomic E-state index is 0.0939. The van der Waals surface area contributed by atoms with Gasteiger partial charge in [-0.2, -0.15) is 0 Å². The molecular formula is C12H14N2O3S. The molecule has 0 saturated heterocycles. The Kier molecular flexibility index (Phi) is 2.98. The Morgan fingerprint density at radius 3 is 2.50 bits per heavy atom. The van der Waals surface area contributed by atoms with Crippen LogP contribution >= 0.6 is 11.3 Å². The molecule has 2 heterocycles. The van der Waals surface area contributed by atoms with Crippen molar-refractivity contribution in [2.75, 3.05) is 0 Å². The van der Waals surface area contributed by atoms with Crippen molar-refractivity contribution in [3.63, 3.8) is 0 Å². The summed E-state index contributed by atoms with van der Waals surface area (Å²) in [4.78, 5) is 20.3. The molecule has 96 valence electrons. The predicted octanol–water partition coefficient (Wildman–Crippen LogP) is 3.10. The Bertz CT molecular complexity index is 593. The van der Waals surface area contributed by atoms with Crippen LogP contribution in [0.15, 0.2) is 10.6 Å². The minimum Gasteiger partial charge on any atom is -0.475 e. The van der Waals surface area contributed by atoms with E-state index in [-0.39, 0.29) is 11.2 Å². The second kappa shape index (κ2) is 4.20. The Hall–Kier alpha value is -1.69. The highest BCUT2D eigenvalue weighted by Gasteiger charge is 2.29. The largest absolute Gasteiger partial charge is 0.475 e. The van der Waals surface area contributed by atoms with Crippen LogP contribution in [0.2, 0.25) is 0 Å². The molecule has 0 atom stereocenters. The van der Waals surface area contributed by atoms with Gasteiger partial charge in [-0.1, -0.05) is 20.8 Å². The Labute approximate surface area is 109 Å². The van der Waals surface area contributed by atoms with Gasteiger partial charge in [-0.15, -0.1) is 11.3 Å². The summed E-state index contributed by atoms with van der Waals surface area (Å²) in [6.45, 7) is 7.58. The van der Waals surface area contributed by atoms with Gasteiger partial charge >= 0.3 is 5.97 Å². The highest BCUT2D eigenvalue weighted by Crippen LogP contribution is 2.32. The normalized spacial score (nSPS) is 11.8. The van der Waals surface area contributed by atoms with Crippen LogP contribution in [0.5, 0.6) is 0 Å². The Balaban J connectivity index is 2.56. The van der Waals surface area contributed by atoms with Crippen LogP contribution in [0.3, 0.4) is 0 Å². The lowest BCUT2D eigenvalue weighted by Gasteiger charge is -2.14. The SMILES string of the molecule is Cc1ncc(-c2nc(C(C)(C)C)c(C(=O)O)o2)s1. The molecule has 5 nitrogen and oxygen atoms in total. The third-order valence-electron chi connectivity index (χ3n) is 2.36. The zero-order valence-electron chi connectivity index (χ0n) is 10.6. The molecule has 0 aliphatic carbocycles. The van der Waals surface area contributed by atoms with E-state index in [4.69, 9.17) is 9.52 Å². The smallest absolute Gasteiger partial charge is 0.373 e. The number of carbonyl (C=O) groups is 1. The monoisotopic (exact) mass is 266 g/mol. The van der Waals surface area contributed by atoms with E-state index in [1.165, 1.54) is 11.3 Å². The van der Waals surface area contributed by atoms with E-state index >= 15 is 0 Å². The molecule has 0 radical (unpaired) electrons. The molecule has 0 spiro atoms. The van der Waals surface area contributed by atoms with Crippen LogP contribution in [-0.2, 0) is 5.41 Å². The van der Waals surface area contributed by atoms with Gasteiger partial charge < -0.3 is 9.52 Å². The molecule has 0 aliphatic heterocycles. The lowest BCUT2D eigenvalue weighted by molar-refractivity contribution is 0.0659. The fraction of sp³-hybridized carbons (Fsp3) is 0.417. The number of thiazole rings is 1. The topological polar surface area (TPSA) is 76.2 Å². The summed E-state index contributed by atoms with van der Waals surface area (Å²) < 4.78 is 5.36. The molecule has 0 bridgehead atoms. The van der Waals surface area contributed by atoms with E-state index in [0.717, 1.165) is 9.88 Å². The summed E-state index contributed by atoms with van der Waals surface area (Å²) in [5.41, 5.74) is 0.0749. The summed E-state index contributed by atoms with van der Waals surface area (Å²) in [5.74, 6) is -0.869. The number of hydrogen-bond acceptors (Lipinski definition) is 5. The molecular weight excluding hydrogens is 252 g/mol. The van der Waals surface area contributed by atoms with Crippen molar-refractivity contribution in [3.05, 3.63) is 22.7 Å². The van der Waals surface area contributed by atoms with Gasteiger partial charge in [0.2, 0.25) is 11.7 Å². The van der Waals surface area contributed by atoms with Crippen LogP contribution in [0.1, 0.15) is 42.0 Å². The zero-order valence-corrected chi connectivity index (χ0v) is 11.5. The van der Waals surface area contributed by atoms with Crippen LogP contribution in [0, 0.1) is 6.92 Å². The number of aromatic nitrogens is 2. The van der Waals surface area contributed by atoms with E-state index < -0.39 is 5.97 Å². The Morgan fingerprint density at radius 2 is 2.11 bits per heavy atom. The van der Waals surface area contributed by atoms with Crippen molar-refractivity contribution in [1.82, 2.24) is 9.97 Å². The van der Waals surface area contributed by atoms with Crippen LogP contribution in [0.4, 0.5) is 0 Å². The van der Waals surface area contributed by atoms with Crippen molar-refractivity contribution in [3.8, 4) is 10.8 Å². The fourth-order valence-electron chi connectivity index (χ4n) is 1.54. The van der Waals surface area contributed by atoms with E-state index in [1.54, 1.807) is 6.20 Å². The van der Waals surface area contributed by atoms with Gasteiger partial charge in [0, 0.05) is 5.41 Å². The molecule has 0 amide bonds. The van der Waals surface area contributed by atoms with Gasteiger partial charge in [-0.25, -0.2) is 14.8 Å². The second-order valence-electron chi connectivity index (χ2n) is 5.00. The molecule has 6 heteroatoms. The minimum atomic E-state index is -1.10. The van der Waals surface area contributed by atoms with E-state index in [2.05, 4.69) is 9.97 Å². The number of aromatic carboxylic acids is 1. The number of hydrogen-bond donors (Lipinski definition) is 1. The van der Waals surface area contributed by atoms with Crippen LogP contribution in [0.25, 0.3) is 10.8 Å². The number of nitrogens with zero attached hydrogens (tertiary/aromatic N) is 2. The molecule has 2 aromatic heterocycles. The third-order valence-corrected chi connectivity index (χ3v) is 3.26. The lowest BCUT2D eigenvalue weighted by Crippen LogP contribution is -2.16. The summed E-state index contributed by atoms with van der Waals surface area (Å²) in [6.07, 6.45) is 1.64. The quantitative estimate of drug-likeness (QED) is 0.903. The highest BCUT2D eigenvalue weighted by molar-refractivity contribution is 7.14. The standard InChI is InChI=1S/C12H14N2O3S/c1-6-13-5-7(18-6)10-14-9(12(2,3)4)8(17-10)11(15)16/h5H,1-4H3,(H,15,16). The molecule has 0 aromatic carbocycles. The summed E-state index contributed by atoms with van der Waals surface area (Å²) in [6, 6.07) is 0. The molecule has 0 fully saturated rings. The van der Waals surface area contributed by atoms with Crippen LogP contribution < -0.4 is 0 Å². The summed E-state index contributed by atoms with van der Waals surface area (Å²) in [5, 5.41) is 10.0. The zero-order chi connectivity index (χ0) is 13.5. The first-order chi connectivity index (χ1) is 8.29. The maximum Gasteiger partial charge on any atom is 0.373 e. The summed E-state index contributed by atoms with van der Waals surface area (Å²) >= 11 is 1.42. The maximum atomic E-state index is 11.2. The molecule has 0 saturated carbocycles. The number of aryl methyl sites for hydroxylation is 1. The molecule has 18 heavy (non-hydrogen) atoms. The first-order valence-electron chi connectivity index (χ1n) is 5.46. The van der Waals surface area contributed by atoms with E-state index in [0.29, 0.717) is 11.6 Å². The van der Waals surface area contributed by atoms with Crippen molar-refractivity contribution in [2.45, 2.75) is 33.1 Å². The number of carboxylic acid groups (broad SMARTS) is 1. The third kappa shape index (κ3) is 2.28. The van der Waals surface area contributed by atoms with Gasteiger partial charge in [0.05, 0.1) is 11.2 Å². The summed E-state index contributed by atoms with van der Waals surface area (Å²) in [7, 11) is 0. The highest BCUT2D eigenvalue weighted by atomic mass is 32.1. The molecule has 2 aromatic rings. The van der Waals surface area contributed by atoms with E-state index in [1.807, 2.05) is 27.7 Å². The average Bonchev–Trinajstić information content (AvgIpc) is 2.81. The maximum absolute atomic E-state index is 11.2. The molecule has 1 N–H and O–H groups in total.